The van der Waals surface area contributed by atoms with E-state index in [4.69, 9.17) is 0 Å². The Morgan fingerprint density at radius 2 is 2.00 bits per heavy atom. The Labute approximate surface area is 120 Å². The molecule has 0 fully saturated rings. The quantitative estimate of drug-likeness (QED) is 0.894. The van der Waals surface area contributed by atoms with Gasteiger partial charge in [-0.2, -0.15) is 0 Å². The summed E-state index contributed by atoms with van der Waals surface area (Å²) in [5.41, 5.74) is 1.05. The van der Waals surface area contributed by atoms with Crippen LogP contribution in [0.5, 0.6) is 0 Å². The molecule has 0 aliphatic heterocycles. The first kappa shape index (κ1) is 13.5. The van der Waals surface area contributed by atoms with E-state index in [0.29, 0.717) is 0 Å². The lowest BCUT2D eigenvalue weighted by Crippen LogP contribution is -2.15. The van der Waals surface area contributed by atoms with Crippen LogP contribution >= 0.6 is 27.3 Å². The molecule has 96 valence electrons. The summed E-state index contributed by atoms with van der Waals surface area (Å²) in [5.74, 6) is 1.62. The number of halogens is 1. The Morgan fingerprint density at radius 1 is 1.28 bits per heavy atom. The minimum Gasteiger partial charge on any atom is -0.373 e. The average molecular weight is 326 g/mol. The van der Waals surface area contributed by atoms with Gasteiger partial charge in [-0.05, 0) is 27.4 Å². The molecule has 0 saturated heterocycles. The molecule has 0 unspecified atom stereocenters. The second kappa shape index (κ2) is 4.97. The predicted molar refractivity (Wildman–Crippen MR) is 81.3 cm³/mol. The maximum absolute atomic E-state index is 4.69. The first-order valence-corrected chi connectivity index (χ1v) is 7.40. The predicted octanol–water partition coefficient (Wildman–Crippen LogP) is 4.31. The van der Waals surface area contributed by atoms with Crippen LogP contribution in [0.3, 0.4) is 0 Å². The highest BCUT2D eigenvalue weighted by molar-refractivity contribution is 9.10. The summed E-state index contributed by atoms with van der Waals surface area (Å²) >= 11 is 5.18. The highest BCUT2D eigenvalue weighted by atomic mass is 79.9. The van der Waals surface area contributed by atoms with E-state index in [-0.39, 0.29) is 5.41 Å². The molecular weight excluding hydrogens is 310 g/mol. The third-order valence-corrected chi connectivity index (χ3v) is 4.40. The van der Waals surface area contributed by atoms with Gasteiger partial charge < -0.3 is 5.32 Å². The fourth-order valence-corrected chi connectivity index (χ4v) is 3.00. The van der Waals surface area contributed by atoms with Gasteiger partial charge in [-0.3, -0.25) is 0 Å². The van der Waals surface area contributed by atoms with Crippen LogP contribution in [-0.2, 0) is 5.41 Å². The van der Waals surface area contributed by atoms with Crippen molar-refractivity contribution in [3.63, 3.8) is 0 Å². The fraction of sp³-hybridized carbons (Fsp3) is 0.385. The first-order valence-electron chi connectivity index (χ1n) is 5.72. The van der Waals surface area contributed by atoms with Crippen LogP contribution in [0.25, 0.3) is 10.7 Å². The molecule has 2 rings (SSSR count). The van der Waals surface area contributed by atoms with Gasteiger partial charge in [-0.15, -0.1) is 11.3 Å². The molecule has 0 aliphatic rings. The molecule has 0 aromatic carbocycles. The van der Waals surface area contributed by atoms with E-state index >= 15 is 0 Å². The molecular formula is C13H16BrN3S. The van der Waals surface area contributed by atoms with Crippen LogP contribution in [0, 0.1) is 0 Å². The van der Waals surface area contributed by atoms with E-state index in [1.54, 1.807) is 11.3 Å². The van der Waals surface area contributed by atoms with E-state index in [2.05, 4.69) is 52.0 Å². The molecule has 5 heteroatoms. The SMILES string of the molecule is CNc1cc(C(C)(C)C)nc(-c2sccc2Br)n1. The monoisotopic (exact) mass is 325 g/mol. The summed E-state index contributed by atoms with van der Waals surface area (Å²) < 4.78 is 1.04. The van der Waals surface area contributed by atoms with Crippen LogP contribution in [0.4, 0.5) is 5.82 Å². The molecule has 0 spiro atoms. The summed E-state index contributed by atoms with van der Waals surface area (Å²) in [5, 5.41) is 5.13. The Balaban J connectivity index is 2.58. The van der Waals surface area contributed by atoms with Gasteiger partial charge in [0.15, 0.2) is 5.82 Å². The van der Waals surface area contributed by atoms with Gasteiger partial charge in [0.05, 0.1) is 10.6 Å². The molecule has 3 nitrogen and oxygen atoms in total. The number of anilines is 1. The van der Waals surface area contributed by atoms with Crippen molar-refractivity contribution in [1.29, 1.82) is 0 Å². The van der Waals surface area contributed by atoms with Crippen molar-refractivity contribution in [2.45, 2.75) is 26.2 Å². The van der Waals surface area contributed by atoms with Crippen molar-refractivity contribution in [2.75, 3.05) is 12.4 Å². The molecule has 2 heterocycles. The lowest BCUT2D eigenvalue weighted by molar-refractivity contribution is 0.568. The van der Waals surface area contributed by atoms with Crippen molar-refractivity contribution in [3.8, 4) is 10.7 Å². The largest absolute Gasteiger partial charge is 0.373 e. The number of thiophene rings is 1. The zero-order valence-corrected chi connectivity index (χ0v) is 13.3. The number of nitrogens with zero attached hydrogens (tertiary/aromatic N) is 2. The fourth-order valence-electron chi connectivity index (χ4n) is 1.51. The molecule has 0 radical (unpaired) electrons. The highest BCUT2D eigenvalue weighted by Gasteiger charge is 2.19. The molecule has 2 aromatic heterocycles. The second-order valence-electron chi connectivity index (χ2n) is 5.06. The Morgan fingerprint density at radius 3 is 2.50 bits per heavy atom. The Bertz CT molecular complexity index is 558. The molecule has 0 bridgehead atoms. The summed E-state index contributed by atoms with van der Waals surface area (Å²) in [4.78, 5) is 10.3. The third-order valence-electron chi connectivity index (χ3n) is 2.57. The van der Waals surface area contributed by atoms with Gasteiger partial charge in [0.2, 0.25) is 0 Å². The summed E-state index contributed by atoms with van der Waals surface area (Å²) in [6.45, 7) is 6.46. The van der Waals surface area contributed by atoms with Crippen LogP contribution in [-0.4, -0.2) is 17.0 Å². The standard InChI is InChI=1S/C13H16BrN3S/c1-13(2,3)9-7-10(15-4)17-12(16-9)11-8(14)5-6-18-11/h5-7H,1-4H3,(H,15,16,17). The number of hydrogen-bond acceptors (Lipinski definition) is 4. The van der Waals surface area contributed by atoms with Crippen molar-refractivity contribution in [3.05, 3.63) is 27.7 Å². The Kier molecular flexibility index (Phi) is 3.73. The van der Waals surface area contributed by atoms with E-state index in [1.807, 2.05) is 24.6 Å². The van der Waals surface area contributed by atoms with E-state index in [0.717, 1.165) is 26.7 Å². The zero-order chi connectivity index (χ0) is 13.3. The third kappa shape index (κ3) is 2.72. The van der Waals surface area contributed by atoms with Gasteiger partial charge in [0.25, 0.3) is 0 Å². The van der Waals surface area contributed by atoms with Gasteiger partial charge in [0.1, 0.15) is 5.82 Å². The van der Waals surface area contributed by atoms with Crippen molar-refractivity contribution in [2.24, 2.45) is 0 Å². The Hall–Kier alpha value is -0.940. The molecule has 0 saturated carbocycles. The minimum absolute atomic E-state index is 0.00697. The van der Waals surface area contributed by atoms with E-state index in [9.17, 15) is 0 Å². The molecule has 1 N–H and O–H groups in total. The molecule has 2 aromatic rings. The van der Waals surface area contributed by atoms with E-state index in [1.165, 1.54) is 0 Å². The highest BCUT2D eigenvalue weighted by Crippen LogP contribution is 2.33. The van der Waals surface area contributed by atoms with Gasteiger partial charge >= 0.3 is 0 Å². The smallest absolute Gasteiger partial charge is 0.173 e. The van der Waals surface area contributed by atoms with Gasteiger partial charge in [-0.25, -0.2) is 9.97 Å². The van der Waals surface area contributed by atoms with Crippen molar-refractivity contribution >= 4 is 33.1 Å². The van der Waals surface area contributed by atoms with Crippen molar-refractivity contribution in [1.82, 2.24) is 9.97 Å². The maximum Gasteiger partial charge on any atom is 0.173 e. The normalized spacial score (nSPS) is 11.6. The summed E-state index contributed by atoms with van der Waals surface area (Å²) in [7, 11) is 1.88. The summed E-state index contributed by atoms with van der Waals surface area (Å²) in [6.07, 6.45) is 0. The molecule has 18 heavy (non-hydrogen) atoms. The number of hydrogen-bond donors (Lipinski definition) is 1. The lowest BCUT2D eigenvalue weighted by atomic mass is 9.92. The lowest BCUT2D eigenvalue weighted by Gasteiger charge is -2.19. The van der Waals surface area contributed by atoms with Gasteiger partial charge in [0, 0.05) is 23.0 Å². The number of nitrogens with one attached hydrogen (secondary N) is 1. The number of aromatic nitrogens is 2. The second-order valence-corrected chi connectivity index (χ2v) is 6.83. The minimum atomic E-state index is 0.00697. The first-order chi connectivity index (χ1) is 8.41. The summed E-state index contributed by atoms with van der Waals surface area (Å²) in [6, 6.07) is 4.02. The maximum atomic E-state index is 4.69. The average Bonchev–Trinajstić information content (AvgIpc) is 2.73. The van der Waals surface area contributed by atoms with Crippen LogP contribution in [0.2, 0.25) is 0 Å². The number of rotatable bonds is 2. The topological polar surface area (TPSA) is 37.8 Å². The molecule has 0 amide bonds. The van der Waals surface area contributed by atoms with Crippen molar-refractivity contribution < 1.29 is 0 Å². The van der Waals surface area contributed by atoms with Crippen LogP contribution in [0.15, 0.2) is 22.0 Å². The molecule has 0 atom stereocenters. The zero-order valence-electron chi connectivity index (χ0n) is 10.9. The van der Waals surface area contributed by atoms with Gasteiger partial charge in [-0.1, -0.05) is 20.8 Å². The van der Waals surface area contributed by atoms with Crippen LogP contribution in [0.1, 0.15) is 26.5 Å². The van der Waals surface area contributed by atoms with E-state index < -0.39 is 0 Å². The molecule has 0 aliphatic carbocycles. The van der Waals surface area contributed by atoms with Crippen LogP contribution < -0.4 is 5.32 Å².